The van der Waals surface area contributed by atoms with Gasteiger partial charge in [0, 0.05) is 11.1 Å². The Kier molecular flexibility index (Phi) is 2.86. The van der Waals surface area contributed by atoms with Crippen LogP contribution in [0.2, 0.25) is 5.15 Å². The van der Waals surface area contributed by atoms with Crippen LogP contribution in [0.3, 0.4) is 0 Å². The van der Waals surface area contributed by atoms with Gasteiger partial charge >= 0.3 is 0 Å². The second-order valence-electron chi connectivity index (χ2n) is 2.79. The smallest absolute Gasteiger partial charge is 0.188 e. The van der Waals surface area contributed by atoms with Crippen LogP contribution < -0.4 is 5.32 Å². The number of benzene rings is 1. The zero-order valence-corrected chi connectivity index (χ0v) is 9.14. The first-order chi connectivity index (χ1) is 7.28. The molecule has 1 aromatic heterocycles. The molecule has 2 aromatic rings. The zero-order valence-electron chi connectivity index (χ0n) is 7.57. The van der Waals surface area contributed by atoms with E-state index in [2.05, 4.69) is 16.4 Å². The SMILES string of the molecule is N#Cc1cccc(Nc2nc(Cl)cs2)c1. The van der Waals surface area contributed by atoms with Crippen molar-refractivity contribution in [3.05, 3.63) is 40.4 Å². The summed E-state index contributed by atoms with van der Waals surface area (Å²) >= 11 is 7.11. The van der Waals surface area contributed by atoms with E-state index >= 15 is 0 Å². The van der Waals surface area contributed by atoms with Crippen LogP contribution in [0.4, 0.5) is 10.8 Å². The molecule has 15 heavy (non-hydrogen) atoms. The molecule has 3 nitrogen and oxygen atoms in total. The van der Waals surface area contributed by atoms with Crippen LogP contribution in [0, 0.1) is 11.3 Å². The maximum atomic E-state index is 8.72. The van der Waals surface area contributed by atoms with Crippen molar-refractivity contribution in [3.8, 4) is 6.07 Å². The highest BCUT2D eigenvalue weighted by molar-refractivity contribution is 7.14. The minimum atomic E-state index is 0.471. The highest BCUT2D eigenvalue weighted by atomic mass is 35.5. The number of nitrogens with zero attached hydrogens (tertiary/aromatic N) is 2. The highest BCUT2D eigenvalue weighted by Crippen LogP contribution is 2.23. The maximum absolute atomic E-state index is 8.72. The molecule has 0 saturated carbocycles. The Labute approximate surface area is 96.0 Å². The first-order valence-corrected chi connectivity index (χ1v) is 5.42. The number of hydrogen-bond acceptors (Lipinski definition) is 4. The van der Waals surface area contributed by atoms with Crippen LogP contribution >= 0.6 is 22.9 Å². The summed E-state index contributed by atoms with van der Waals surface area (Å²) in [7, 11) is 0. The van der Waals surface area contributed by atoms with Gasteiger partial charge in [0.1, 0.15) is 5.15 Å². The number of anilines is 2. The average Bonchev–Trinajstić information content (AvgIpc) is 2.64. The van der Waals surface area contributed by atoms with Gasteiger partial charge in [0.25, 0.3) is 0 Å². The lowest BCUT2D eigenvalue weighted by molar-refractivity contribution is 1.39. The molecule has 0 saturated heterocycles. The van der Waals surface area contributed by atoms with E-state index in [0.717, 1.165) is 10.8 Å². The molecule has 1 heterocycles. The van der Waals surface area contributed by atoms with Crippen molar-refractivity contribution in [1.29, 1.82) is 5.26 Å². The lowest BCUT2D eigenvalue weighted by atomic mass is 10.2. The number of thiazole rings is 1. The quantitative estimate of drug-likeness (QED) is 0.868. The summed E-state index contributed by atoms with van der Waals surface area (Å²) in [6.45, 7) is 0. The summed E-state index contributed by atoms with van der Waals surface area (Å²) < 4.78 is 0. The molecular formula is C10H6ClN3S. The molecule has 0 fully saturated rings. The third kappa shape index (κ3) is 2.46. The monoisotopic (exact) mass is 235 g/mol. The summed E-state index contributed by atoms with van der Waals surface area (Å²) in [5.74, 6) is 0. The summed E-state index contributed by atoms with van der Waals surface area (Å²) in [5.41, 5.74) is 1.45. The summed E-state index contributed by atoms with van der Waals surface area (Å²) in [6, 6.07) is 9.27. The first-order valence-electron chi connectivity index (χ1n) is 4.16. The van der Waals surface area contributed by atoms with E-state index in [9.17, 15) is 0 Å². The third-order valence-corrected chi connectivity index (χ3v) is 2.80. The van der Waals surface area contributed by atoms with Crippen LogP contribution in [-0.2, 0) is 0 Å². The van der Waals surface area contributed by atoms with Crippen molar-refractivity contribution in [3.63, 3.8) is 0 Å². The summed E-state index contributed by atoms with van der Waals surface area (Å²) in [5, 5.41) is 14.7. The molecule has 0 spiro atoms. The Morgan fingerprint density at radius 3 is 3.00 bits per heavy atom. The summed E-state index contributed by atoms with van der Waals surface area (Å²) in [4.78, 5) is 4.05. The lowest BCUT2D eigenvalue weighted by Gasteiger charge is -2.01. The van der Waals surface area contributed by atoms with Crippen molar-refractivity contribution in [2.24, 2.45) is 0 Å². The minimum absolute atomic E-state index is 0.471. The van der Waals surface area contributed by atoms with Crippen LogP contribution in [0.1, 0.15) is 5.56 Å². The maximum Gasteiger partial charge on any atom is 0.188 e. The molecule has 74 valence electrons. The Balaban J connectivity index is 2.21. The van der Waals surface area contributed by atoms with Gasteiger partial charge in [-0.1, -0.05) is 17.7 Å². The zero-order chi connectivity index (χ0) is 10.7. The second kappa shape index (κ2) is 4.30. The van der Waals surface area contributed by atoms with Gasteiger partial charge in [-0.3, -0.25) is 0 Å². The van der Waals surface area contributed by atoms with E-state index in [1.54, 1.807) is 17.5 Å². The molecule has 0 amide bonds. The fourth-order valence-corrected chi connectivity index (χ4v) is 1.96. The van der Waals surface area contributed by atoms with Crippen molar-refractivity contribution in [2.45, 2.75) is 0 Å². The summed E-state index contributed by atoms with van der Waals surface area (Å²) in [6.07, 6.45) is 0. The highest BCUT2D eigenvalue weighted by Gasteiger charge is 2.00. The number of rotatable bonds is 2. The number of aromatic nitrogens is 1. The topological polar surface area (TPSA) is 48.7 Å². The molecule has 0 bridgehead atoms. The van der Waals surface area contributed by atoms with Gasteiger partial charge in [-0.15, -0.1) is 11.3 Å². The Morgan fingerprint density at radius 2 is 2.33 bits per heavy atom. The fraction of sp³-hybridized carbons (Fsp3) is 0. The lowest BCUT2D eigenvalue weighted by Crippen LogP contribution is -1.89. The van der Waals surface area contributed by atoms with Gasteiger partial charge in [0.2, 0.25) is 0 Å². The third-order valence-electron chi connectivity index (χ3n) is 1.72. The number of nitriles is 1. The van der Waals surface area contributed by atoms with Gasteiger partial charge in [0.05, 0.1) is 11.6 Å². The predicted molar refractivity (Wildman–Crippen MR) is 61.6 cm³/mol. The predicted octanol–water partition coefficient (Wildman–Crippen LogP) is 3.41. The van der Waals surface area contributed by atoms with E-state index in [-0.39, 0.29) is 0 Å². The largest absolute Gasteiger partial charge is 0.331 e. The first kappa shape index (κ1) is 9.97. The van der Waals surface area contributed by atoms with Gasteiger partial charge in [-0.2, -0.15) is 5.26 Å². The average molecular weight is 236 g/mol. The van der Waals surface area contributed by atoms with Crippen molar-refractivity contribution in [1.82, 2.24) is 4.98 Å². The van der Waals surface area contributed by atoms with Crippen LogP contribution in [-0.4, -0.2) is 4.98 Å². The number of halogens is 1. The van der Waals surface area contributed by atoms with Gasteiger partial charge in [-0.25, -0.2) is 4.98 Å². The Morgan fingerprint density at radius 1 is 1.47 bits per heavy atom. The van der Waals surface area contributed by atoms with Crippen molar-refractivity contribution in [2.75, 3.05) is 5.32 Å². The molecule has 0 aliphatic heterocycles. The molecule has 0 atom stereocenters. The molecule has 0 aliphatic carbocycles. The number of nitrogens with one attached hydrogen (secondary N) is 1. The van der Waals surface area contributed by atoms with Gasteiger partial charge in [0.15, 0.2) is 5.13 Å². The molecule has 1 N–H and O–H groups in total. The Hall–Kier alpha value is -1.57. The fourth-order valence-electron chi connectivity index (χ4n) is 1.10. The molecule has 0 aliphatic rings. The standard InChI is InChI=1S/C10H6ClN3S/c11-9-6-15-10(14-9)13-8-3-1-2-7(4-8)5-12/h1-4,6H,(H,13,14). The van der Waals surface area contributed by atoms with Gasteiger partial charge < -0.3 is 5.32 Å². The number of hydrogen-bond donors (Lipinski definition) is 1. The minimum Gasteiger partial charge on any atom is -0.331 e. The van der Waals surface area contributed by atoms with Crippen LogP contribution in [0.25, 0.3) is 0 Å². The van der Waals surface area contributed by atoms with E-state index in [0.29, 0.717) is 10.7 Å². The molecule has 5 heteroatoms. The van der Waals surface area contributed by atoms with E-state index in [1.807, 2.05) is 12.1 Å². The van der Waals surface area contributed by atoms with E-state index < -0.39 is 0 Å². The molecular weight excluding hydrogens is 230 g/mol. The van der Waals surface area contributed by atoms with Gasteiger partial charge in [-0.05, 0) is 18.2 Å². The van der Waals surface area contributed by atoms with Crippen molar-refractivity contribution < 1.29 is 0 Å². The van der Waals surface area contributed by atoms with Crippen LogP contribution in [0.15, 0.2) is 29.6 Å². The van der Waals surface area contributed by atoms with E-state index in [4.69, 9.17) is 16.9 Å². The van der Waals surface area contributed by atoms with E-state index in [1.165, 1.54) is 11.3 Å². The molecule has 0 unspecified atom stereocenters. The molecule has 1 aromatic carbocycles. The molecule has 2 rings (SSSR count). The van der Waals surface area contributed by atoms with Crippen molar-refractivity contribution >= 4 is 33.8 Å². The normalized spacial score (nSPS) is 9.60. The molecule has 0 radical (unpaired) electrons. The second-order valence-corrected chi connectivity index (χ2v) is 4.04. The van der Waals surface area contributed by atoms with Crippen LogP contribution in [0.5, 0.6) is 0 Å². The Bertz CT molecular complexity index is 515.